The van der Waals surface area contributed by atoms with E-state index in [9.17, 15) is 0 Å². The molecule has 6 heteroatoms. The van der Waals surface area contributed by atoms with Crippen molar-refractivity contribution in [1.29, 1.82) is 0 Å². The third kappa shape index (κ3) is 2.96. The lowest BCUT2D eigenvalue weighted by molar-refractivity contribution is 0.879. The van der Waals surface area contributed by atoms with Crippen molar-refractivity contribution < 1.29 is 0 Å². The Morgan fingerprint density at radius 2 is 1.89 bits per heavy atom. The molecule has 0 saturated carbocycles. The molecular weight excluding hydrogens is 246 g/mol. The first-order valence-electron chi connectivity index (χ1n) is 5.67. The summed E-state index contributed by atoms with van der Waals surface area (Å²) in [6.07, 6.45) is 0. The van der Waals surface area contributed by atoms with Gasteiger partial charge in [-0.2, -0.15) is 0 Å². The number of hydrogen-bond acceptors (Lipinski definition) is 6. The van der Waals surface area contributed by atoms with Crippen molar-refractivity contribution in [3.63, 3.8) is 0 Å². The van der Waals surface area contributed by atoms with E-state index in [1.807, 2.05) is 7.05 Å². The lowest BCUT2D eigenvalue weighted by Gasteiger charge is -2.18. The van der Waals surface area contributed by atoms with Crippen molar-refractivity contribution >= 4 is 22.2 Å². The molecule has 2 rings (SSSR count). The van der Waals surface area contributed by atoms with Gasteiger partial charge in [0.2, 0.25) is 5.13 Å². The number of nitrogen functional groups attached to an aromatic ring is 1. The van der Waals surface area contributed by atoms with Crippen LogP contribution in [0.15, 0.2) is 18.2 Å². The second-order valence-corrected chi connectivity index (χ2v) is 5.41. The minimum atomic E-state index is 0.638. The maximum Gasteiger partial charge on any atom is 0.219 e. The van der Waals surface area contributed by atoms with Crippen LogP contribution < -0.4 is 16.2 Å². The van der Waals surface area contributed by atoms with Gasteiger partial charge in [0.15, 0.2) is 0 Å². The predicted molar refractivity (Wildman–Crippen MR) is 75.7 cm³/mol. The lowest BCUT2D eigenvalue weighted by atomic mass is 10.1. The Labute approximate surface area is 111 Å². The molecule has 1 heterocycles. The molecule has 0 aliphatic carbocycles. The summed E-state index contributed by atoms with van der Waals surface area (Å²) < 4.78 is 0. The van der Waals surface area contributed by atoms with Crippen LogP contribution in [0.5, 0.6) is 0 Å². The zero-order valence-corrected chi connectivity index (χ0v) is 11.6. The van der Waals surface area contributed by atoms with Gasteiger partial charge in [0.05, 0.1) is 6.54 Å². The number of aromatic nitrogens is 2. The van der Waals surface area contributed by atoms with Gasteiger partial charge in [0.25, 0.3) is 0 Å². The highest BCUT2D eigenvalue weighted by Gasteiger charge is 2.08. The summed E-state index contributed by atoms with van der Waals surface area (Å²) in [5.41, 5.74) is 6.21. The van der Waals surface area contributed by atoms with E-state index in [4.69, 9.17) is 5.84 Å². The average molecular weight is 263 g/mol. The fraction of sp³-hybridized carbons (Fsp3) is 0.333. The van der Waals surface area contributed by atoms with E-state index in [-0.39, 0.29) is 0 Å². The summed E-state index contributed by atoms with van der Waals surface area (Å²) >= 11 is 1.46. The molecule has 0 spiro atoms. The van der Waals surface area contributed by atoms with Gasteiger partial charge in [-0.3, -0.25) is 5.43 Å². The fourth-order valence-corrected chi connectivity index (χ4v) is 2.54. The number of hydrazine groups is 1. The van der Waals surface area contributed by atoms with Crippen LogP contribution >= 0.6 is 11.3 Å². The van der Waals surface area contributed by atoms with Crippen LogP contribution in [0.25, 0.3) is 0 Å². The summed E-state index contributed by atoms with van der Waals surface area (Å²) in [6, 6.07) is 6.49. The maximum atomic E-state index is 5.29. The van der Waals surface area contributed by atoms with Crippen molar-refractivity contribution in [2.45, 2.75) is 20.4 Å². The highest BCUT2D eigenvalue weighted by Crippen LogP contribution is 2.21. The van der Waals surface area contributed by atoms with Crippen LogP contribution in [-0.4, -0.2) is 17.2 Å². The molecule has 0 bridgehead atoms. The first-order chi connectivity index (χ1) is 8.58. The molecule has 0 aliphatic rings. The van der Waals surface area contributed by atoms with Crippen LogP contribution in [0.3, 0.4) is 0 Å². The monoisotopic (exact) mass is 263 g/mol. The Balaban J connectivity index is 2.13. The zero-order chi connectivity index (χ0) is 13.1. The fourth-order valence-electron chi connectivity index (χ4n) is 1.84. The number of benzene rings is 1. The number of anilines is 2. The maximum absolute atomic E-state index is 5.29. The second kappa shape index (κ2) is 5.32. The SMILES string of the molecule is Cc1cc(C)cc(N(C)Cc2nnc(NN)s2)c1. The normalized spacial score (nSPS) is 10.4. The van der Waals surface area contributed by atoms with E-state index in [0.29, 0.717) is 5.13 Å². The summed E-state index contributed by atoms with van der Waals surface area (Å²) in [6.45, 7) is 4.93. The summed E-state index contributed by atoms with van der Waals surface area (Å²) in [5.74, 6) is 5.29. The number of rotatable bonds is 4. The Morgan fingerprint density at radius 1 is 1.22 bits per heavy atom. The van der Waals surface area contributed by atoms with Crippen molar-refractivity contribution in [3.8, 4) is 0 Å². The van der Waals surface area contributed by atoms with E-state index in [1.165, 1.54) is 28.2 Å². The molecule has 0 amide bonds. The third-order valence-electron chi connectivity index (χ3n) is 2.61. The largest absolute Gasteiger partial charge is 0.368 e. The van der Waals surface area contributed by atoms with Gasteiger partial charge in [0.1, 0.15) is 5.01 Å². The molecule has 18 heavy (non-hydrogen) atoms. The van der Waals surface area contributed by atoms with Crippen molar-refractivity contribution in [2.75, 3.05) is 17.4 Å². The molecule has 0 fully saturated rings. The van der Waals surface area contributed by atoms with E-state index in [1.54, 1.807) is 0 Å². The summed E-state index contributed by atoms with van der Waals surface area (Å²) in [5, 5.41) is 9.58. The minimum absolute atomic E-state index is 0.638. The van der Waals surface area contributed by atoms with Gasteiger partial charge < -0.3 is 4.90 Å². The number of aryl methyl sites for hydroxylation is 2. The molecule has 0 radical (unpaired) electrons. The summed E-state index contributed by atoms with van der Waals surface area (Å²) in [4.78, 5) is 2.15. The first kappa shape index (κ1) is 12.8. The Morgan fingerprint density at radius 3 is 2.44 bits per heavy atom. The van der Waals surface area contributed by atoms with E-state index < -0.39 is 0 Å². The van der Waals surface area contributed by atoms with Gasteiger partial charge in [-0.25, -0.2) is 5.84 Å². The number of nitrogens with zero attached hydrogens (tertiary/aromatic N) is 3. The number of nitrogens with one attached hydrogen (secondary N) is 1. The molecule has 3 N–H and O–H groups in total. The van der Waals surface area contributed by atoms with E-state index in [0.717, 1.165) is 11.6 Å². The predicted octanol–water partition coefficient (Wildman–Crippen LogP) is 2.08. The minimum Gasteiger partial charge on any atom is -0.368 e. The molecule has 5 nitrogen and oxygen atoms in total. The Kier molecular flexibility index (Phi) is 3.78. The van der Waals surface area contributed by atoms with Gasteiger partial charge >= 0.3 is 0 Å². The average Bonchev–Trinajstić information content (AvgIpc) is 2.75. The highest BCUT2D eigenvalue weighted by molar-refractivity contribution is 7.15. The first-order valence-corrected chi connectivity index (χ1v) is 6.48. The van der Waals surface area contributed by atoms with Gasteiger partial charge in [-0.15, -0.1) is 10.2 Å². The third-order valence-corrected chi connectivity index (χ3v) is 3.45. The van der Waals surface area contributed by atoms with Crippen LogP contribution in [0.1, 0.15) is 16.1 Å². The van der Waals surface area contributed by atoms with Crippen LogP contribution in [0.2, 0.25) is 0 Å². The van der Waals surface area contributed by atoms with Crippen LogP contribution in [0.4, 0.5) is 10.8 Å². The quantitative estimate of drug-likeness (QED) is 0.653. The molecule has 2 aromatic rings. The van der Waals surface area contributed by atoms with Crippen LogP contribution in [-0.2, 0) is 6.54 Å². The van der Waals surface area contributed by atoms with Crippen molar-refractivity contribution in [1.82, 2.24) is 10.2 Å². The number of nitrogens with two attached hydrogens (primary N) is 1. The van der Waals surface area contributed by atoms with Crippen molar-refractivity contribution in [3.05, 3.63) is 34.3 Å². The van der Waals surface area contributed by atoms with E-state index >= 15 is 0 Å². The lowest BCUT2D eigenvalue weighted by Crippen LogP contribution is -2.16. The summed E-state index contributed by atoms with van der Waals surface area (Å²) in [7, 11) is 2.05. The van der Waals surface area contributed by atoms with Crippen molar-refractivity contribution in [2.24, 2.45) is 5.84 Å². The van der Waals surface area contributed by atoms with Crippen LogP contribution in [0, 0.1) is 13.8 Å². The molecule has 0 saturated heterocycles. The molecule has 1 aromatic heterocycles. The molecule has 96 valence electrons. The smallest absolute Gasteiger partial charge is 0.219 e. The molecule has 0 aliphatic heterocycles. The molecule has 0 unspecified atom stereocenters. The highest BCUT2D eigenvalue weighted by atomic mass is 32.1. The molecule has 0 atom stereocenters. The Bertz CT molecular complexity index is 517. The standard InChI is InChI=1S/C12H17N5S/c1-8-4-9(2)6-10(5-8)17(3)7-11-15-16-12(14-13)18-11/h4-6H,7,13H2,1-3H3,(H,14,16). The van der Waals surface area contributed by atoms with Gasteiger partial charge in [-0.1, -0.05) is 17.4 Å². The Hall–Kier alpha value is -1.66. The molecule has 1 aromatic carbocycles. The number of hydrogen-bond donors (Lipinski definition) is 2. The van der Waals surface area contributed by atoms with E-state index in [2.05, 4.69) is 52.6 Å². The second-order valence-electron chi connectivity index (χ2n) is 4.35. The topological polar surface area (TPSA) is 67.1 Å². The molecular formula is C12H17N5S. The van der Waals surface area contributed by atoms with Gasteiger partial charge in [-0.05, 0) is 37.1 Å². The zero-order valence-electron chi connectivity index (χ0n) is 10.8. The van der Waals surface area contributed by atoms with Gasteiger partial charge in [0, 0.05) is 12.7 Å².